The van der Waals surface area contributed by atoms with Crippen molar-refractivity contribution >= 4 is 25.0 Å². The third-order valence-corrected chi connectivity index (χ3v) is 7.14. The summed E-state index contributed by atoms with van der Waals surface area (Å²) in [5.41, 5.74) is -3.07. The van der Waals surface area contributed by atoms with E-state index in [-0.39, 0.29) is 37.3 Å². The van der Waals surface area contributed by atoms with Crippen LogP contribution in [0.5, 0.6) is 0 Å². The van der Waals surface area contributed by atoms with Gasteiger partial charge in [-0.2, -0.15) is 0 Å². The number of hydrogen-bond acceptors (Lipinski definition) is 6. The quantitative estimate of drug-likeness (QED) is 0.448. The largest absolute Gasteiger partial charge is 0.457 e. The fraction of sp³-hybridized carbons (Fsp3) is 0.885. The lowest BCUT2D eigenvalue weighted by atomic mass is 9.77. The fourth-order valence-electron chi connectivity index (χ4n) is 5.00. The molecule has 1 aliphatic heterocycles. The molecule has 1 heterocycles. The molecule has 9 nitrogen and oxygen atoms in total. The van der Waals surface area contributed by atoms with Crippen molar-refractivity contribution in [3.05, 3.63) is 0 Å². The van der Waals surface area contributed by atoms with Crippen molar-refractivity contribution in [3.8, 4) is 0 Å². The first kappa shape index (κ1) is 30.4. The highest BCUT2D eigenvalue weighted by Crippen LogP contribution is 2.42. The molecule has 206 valence electrons. The number of carbonyl (C=O) groups is 3. The van der Waals surface area contributed by atoms with E-state index in [0.29, 0.717) is 19.2 Å². The minimum atomic E-state index is -1.14. The summed E-state index contributed by atoms with van der Waals surface area (Å²) in [6, 6.07) is -0.320. The van der Waals surface area contributed by atoms with Crippen LogP contribution in [0.2, 0.25) is 6.32 Å². The molecule has 0 aromatic carbocycles. The first-order valence-corrected chi connectivity index (χ1v) is 13.1. The Morgan fingerprint density at radius 3 is 2.03 bits per heavy atom. The number of amides is 3. The molecule has 3 atom stereocenters. The van der Waals surface area contributed by atoms with E-state index in [1.54, 1.807) is 20.8 Å². The highest BCUT2D eigenvalue weighted by molar-refractivity contribution is 6.45. The van der Waals surface area contributed by atoms with Crippen molar-refractivity contribution in [3.63, 3.8) is 0 Å². The number of carbonyl (C=O) groups excluding carboxylic acids is 3. The summed E-state index contributed by atoms with van der Waals surface area (Å²) < 4.78 is 17.7. The molecule has 1 saturated carbocycles. The van der Waals surface area contributed by atoms with E-state index in [9.17, 15) is 14.4 Å². The summed E-state index contributed by atoms with van der Waals surface area (Å²) in [6.45, 7) is 20.6. The topological polar surface area (TPSA) is 115 Å². The van der Waals surface area contributed by atoms with Gasteiger partial charge in [0.25, 0.3) is 0 Å². The Balaban J connectivity index is 2.22. The fourth-order valence-corrected chi connectivity index (χ4v) is 5.00. The van der Waals surface area contributed by atoms with Crippen LogP contribution in [0.15, 0.2) is 0 Å². The van der Waals surface area contributed by atoms with Crippen LogP contribution >= 0.6 is 0 Å². The van der Waals surface area contributed by atoms with E-state index >= 15 is 0 Å². The molecular weight excluding hydrogens is 461 g/mol. The van der Waals surface area contributed by atoms with Crippen LogP contribution in [-0.2, 0) is 23.6 Å². The van der Waals surface area contributed by atoms with Gasteiger partial charge in [0.1, 0.15) is 11.1 Å². The van der Waals surface area contributed by atoms with Gasteiger partial charge in [0.05, 0.1) is 11.2 Å². The lowest BCUT2D eigenvalue weighted by Gasteiger charge is -2.37. The molecule has 0 bridgehead atoms. The van der Waals surface area contributed by atoms with Gasteiger partial charge in [0.15, 0.2) is 0 Å². The normalized spacial score (nSPS) is 27.5. The third kappa shape index (κ3) is 7.84. The predicted octanol–water partition coefficient (Wildman–Crippen LogP) is 3.95. The standard InChI is InChI=1S/C26H48BN3O6/c1-17(31)29-26(20(32)30-22(2,3)4)16-19(28-21(33)34-23(5,6)7)15-18(26)13-12-14-27-35-24(8,9)25(10,11)36-27/h18-19H,12-16H2,1-11H3,(H,28,33)(H,29,31)(H,30,32)/t18-,19-,26-/m0/s1. The Hall–Kier alpha value is -1.81. The first-order chi connectivity index (χ1) is 16.2. The summed E-state index contributed by atoms with van der Waals surface area (Å²) >= 11 is 0. The Morgan fingerprint density at radius 1 is 1.00 bits per heavy atom. The molecule has 2 fully saturated rings. The molecule has 0 radical (unpaired) electrons. The van der Waals surface area contributed by atoms with Gasteiger partial charge >= 0.3 is 13.2 Å². The number of alkyl carbamates (subject to hydrolysis) is 1. The van der Waals surface area contributed by atoms with E-state index in [0.717, 1.165) is 6.42 Å². The Labute approximate surface area is 217 Å². The van der Waals surface area contributed by atoms with Gasteiger partial charge in [-0.15, -0.1) is 0 Å². The van der Waals surface area contributed by atoms with Gasteiger partial charge in [-0.25, -0.2) is 4.79 Å². The minimum absolute atomic E-state index is 0.189. The Bertz CT molecular complexity index is 817. The molecule has 1 saturated heterocycles. The maximum Gasteiger partial charge on any atom is 0.457 e. The second-order valence-corrected chi connectivity index (χ2v) is 13.5. The van der Waals surface area contributed by atoms with Gasteiger partial charge in [0, 0.05) is 24.9 Å². The van der Waals surface area contributed by atoms with Gasteiger partial charge in [-0.05, 0) is 94.3 Å². The van der Waals surface area contributed by atoms with E-state index in [2.05, 4.69) is 16.0 Å². The van der Waals surface area contributed by atoms with Crippen LogP contribution in [0.4, 0.5) is 4.79 Å². The maximum absolute atomic E-state index is 13.7. The molecule has 0 unspecified atom stereocenters. The number of rotatable bonds is 7. The molecule has 2 rings (SSSR count). The number of ether oxygens (including phenoxy) is 1. The van der Waals surface area contributed by atoms with E-state index in [4.69, 9.17) is 14.0 Å². The number of hydrogen-bond donors (Lipinski definition) is 3. The molecule has 0 aromatic rings. The van der Waals surface area contributed by atoms with Crippen LogP contribution in [0, 0.1) is 5.92 Å². The van der Waals surface area contributed by atoms with E-state index in [1.165, 1.54) is 6.92 Å². The second-order valence-electron chi connectivity index (χ2n) is 13.5. The Kier molecular flexibility index (Phi) is 8.89. The maximum atomic E-state index is 13.7. The molecular formula is C26H48BN3O6. The minimum Gasteiger partial charge on any atom is -0.444 e. The van der Waals surface area contributed by atoms with Crippen molar-refractivity contribution in [1.29, 1.82) is 0 Å². The monoisotopic (exact) mass is 509 g/mol. The molecule has 0 aromatic heterocycles. The SMILES string of the molecule is CC(=O)N[C@@]1(C(=O)NC(C)(C)C)C[C@@H](NC(=O)OC(C)(C)C)C[C@@H]1CCCB1OC(C)(C)C(C)(C)O1. The van der Waals surface area contributed by atoms with Gasteiger partial charge in [-0.1, -0.05) is 6.42 Å². The third-order valence-electron chi connectivity index (χ3n) is 7.14. The summed E-state index contributed by atoms with van der Waals surface area (Å²) in [7, 11) is -0.328. The predicted molar refractivity (Wildman–Crippen MR) is 140 cm³/mol. The lowest BCUT2D eigenvalue weighted by Crippen LogP contribution is -2.63. The molecule has 36 heavy (non-hydrogen) atoms. The van der Waals surface area contributed by atoms with Crippen LogP contribution in [0.3, 0.4) is 0 Å². The highest BCUT2D eigenvalue weighted by atomic mass is 16.7. The average Bonchev–Trinajstić information content (AvgIpc) is 3.04. The van der Waals surface area contributed by atoms with Gasteiger partial charge in [-0.3, -0.25) is 9.59 Å². The van der Waals surface area contributed by atoms with Crippen molar-refractivity contribution in [2.24, 2.45) is 5.92 Å². The number of nitrogens with one attached hydrogen (secondary N) is 3. The van der Waals surface area contributed by atoms with E-state index < -0.39 is 34.0 Å². The van der Waals surface area contributed by atoms with Crippen LogP contribution in [-0.4, -0.2) is 58.9 Å². The molecule has 3 amide bonds. The Morgan fingerprint density at radius 2 is 1.56 bits per heavy atom. The first-order valence-electron chi connectivity index (χ1n) is 13.1. The van der Waals surface area contributed by atoms with Crippen molar-refractivity contribution in [1.82, 2.24) is 16.0 Å². The summed E-state index contributed by atoms with van der Waals surface area (Å²) in [5, 5.41) is 8.96. The smallest absolute Gasteiger partial charge is 0.444 e. The van der Waals surface area contributed by atoms with Crippen LogP contribution in [0.25, 0.3) is 0 Å². The van der Waals surface area contributed by atoms with Crippen molar-refractivity contribution in [2.45, 2.75) is 142 Å². The average molecular weight is 509 g/mol. The lowest BCUT2D eigenvalue weighted by molar-refractivity contribution is -0.135. The van der Waals surface area contributed by atoms with Crippen LogP contribution in [0.1, 0.15) is 102 Å². The molecule has 3 N–H and O–H groups in total. The second kappa shape index (κ2) is 10.5. The molecule has 2 aliphatic rings. The van der Waals surface area contributed by atoms with E-state index in [1.807, 2.05) is 48.5 Å². The van der Waals surface area contributed by atoms with Gasteiger partial charge in [0.2, 0.25) is 11.8 Å². The summed E-state index contributed by atoms with van der Waals surface area (Å²) in [4.78, 5) is 38.5. The van der Waals surface area contributed by atoms with Crippen LogP contribution < -0.4 is 16.0 Å². The summed E-state index contributed by atoms with van der Waals surface area (Å²) in [5.74, 6) is -0.710. The van der Waals surface area contributed by atoms with Crippen molar-refractivity contribution in [2.75, 3.05) is 0 Å². The zero-order valence-electron chi connectivity index (χ0n) is 24.2. The molecule has 1 aliphatic carbocycles. The molecule has 0 spiro atoms. The zero-order valence-corrected chi connectivity index (χ0v) is 24.2. The molecule has 10 heteroatoms. The highest BCUT2D eigenvalue weighted by Gasteiger charge is 2.55. The van der Waals surface area contributed by atoms with Crippen molar-refractivity contribution < 1.29 is 28.4 Å². The zero-order chi connectivity index (χ0) is 27.7. The summed E-state index contributed by atoms with van der Waals surface area (Å²) in [6.07, 6.45) is 2.37. The van der Waals surface area contributed by atoms with Gasteiger partial charge < -0.3 is 30.0 Å².